The number of carbonyl (C=O) groups is 2. The smallest absolute Gasteiger partial charge is 0.175 e. The summed E-state index contributed by atoms with van der Waals surface area (Å²) in [6.45, 7) is 0. The fraction of sp³-hybridized carbons (Fsp3) is 0.0909. The highest BCUT2D eigenvalue weighted by atomic mass is 16.5. The summed E-state index contributed by atoms with van der Waals surface area (Å²) < 4.78 is 11.8. The Kier molecular flexibility index (Phi) is 5.78. The first kappa shape index (κ1) is 22.7. The molecule has 1 aliphatic rings. The van der Waals surface area contributed by atoms with Crippen LogP contribution in [0.4, 0.5) is 0 Å². The van der Waals surface area contributed by atoms with E-state index in [2.05, 4.69) is 0 Å². The van der Waals surface area contributed by atoms with Gasteiger partial charge in [0.15, 0.2) is 11.6 Å². The summed E-state index contributed by atoms with van der Waals surface area (Å²) in [6.07, 6.45) is 0. The number of hydrogen-bond acceptors (Lipinski definition) is 4. The van der Waals surface area contributed by atoms with Gasteiger partial charge in [0.1, 0.15) is 17.3 Å². The molecule has 1 aromatic heterocycles. The SMILES string of the molecule is COc1ccc(-c2oc(-c3ccccc3)c3c2C(=O)[C@@H](c2ccccc2)[C@@H]3C(=O)c2ccccc2)cc1. The number of benzene rings is 4. The second-order valence-corrected chi connectivity index (χ2v) is 9.10. The number of hydrogen-bond donors (Lipinski definition) is 0. The molecule has 0 saturated carbocycles. The molecule has 37 heavy (non-hydrogen) atoms. The number of ether oxygens (including phenoxy) is 1. The fourth-order valence-corrected chi connectivity index (χ4v) is 5.28. The number of rotatable bonds is 6. The monoisotopic (exact) mass is 484 g/mol. The van der Waals surface area contributed by atoms with Gasteiger partial charge in [-0.15, -0.1) is 0 Å². The van der Waals surface area contributed by atoms with Gasteiger partial charge in [-0.25, -0.2) is 0 Å². The molecule has 0 spiro atoms. The number of fused-ring (bicyclic) bond motifs is 1. The number of methoxy groups -OCH3 is 1. The van der Waals surface area contributed by atoms with Crippen molar-refractivity contribution in [1.29, 1.82) is 0 Å². The van der Waals surface area contributed by atoms with Gasteiger partial charge < -0.3 is 9.15 Å². The van der Waals surface area contributed by atoms with Crippen molar-refractivity contribution in [2.75, 3.05) is 7.11 Å². The zero-order valence-electron chi connectivity index (χ0n) is 20.3. The minimum Gasteiger partial charge on any atom is -0.497 e. The maximum Gasteiger partial charge on any atom is 0.175 e. The number of carbonyl (C=O) groups excluding carboxylic acids is 2. The predicted molar refractivity (Wildman–Crippen MR) is 143 cm³/mol. The van der Waals surface area contributed by atoms with Crippen molar-refractivity contribution in [3.05, 3.63) is 138 Å². The molecule has 0 amide bonds. The molecule has 0 fully saturated rings. The van der Waals surface area contributed by atoms with Crippen LogP contribution < -0.4 is 4.74 Å². The third-order valence-electron chi connectivity index (χ3n) is 7.01. The standard InChI is InChI=1S/C33H24O4/c1-36-25-19-17-24(18-20-25)33-29-28(32(37-33)23-15-9-4-10-16-23)27(30(34)22-13-7-3-8-14-22)26(31(29)35)21-11-5-2-6-12-21/h2-20,26-27H,1H3/t26-,27-/m0/s1. The van der Waals surface area contributed by atoms with Crippen molar-refractivity contribution in [3.63, 3.8) is 0 Å². The average molecular weight is 485 g/mol. The second kappa shape index (κ2) is 9.40. The summed E-state index contributed by atoms with van der Waals surface area (Å²) in [5.41, 5.74) is 4.10. The molecule has 1 aliphatic carbocycles. The Bertz CT molecular complexity index is 1570. The molecule has 1 heterocycles. The summed E-state index contributed by atoms with van der Waals surface area (Å²) in [7, 11) is 1.61. The van der Waals surface area contributed by atoms with Gasteiger partial charge in [-0.05, 0) is 29.8 Å². The summed E-state index contributed by atoms with van der Waals surface area (Å²) in [4.78, 5) is 28.4. The molecular formula is C33H24O4. The molecule has 0 bridgehead atoms. The summed E-state index contributed by atoms with van der Waals surface area (Å²) >= 11 is 0. The van der Waals surface area contributed by atoms with Crippen molar-refractivity contribution < 1.29 is 18.7 Å². The van der Waals surface area contributed by atoms with Crippen LogP contribution in [-0.4, -0.2) is 18.7 Å². The van der Waals surface area contributed by atoms with E-state index in [1.807, 2.05) is 103 Å². The molecule has 4 aromatic carbocycles. The second-order valence-electron chi connectivity index (χ2n) is 9.10. The largest absolute Gasteiger partial charge is 0.497 e. The zero-order valence-corrected chi connectivity index (χ0v) is 20.3. The van der Waals surface area contributed by atoms with Crippen LogP contribution in [0.5, 0.6) is 5.75 Å². The summed E-state index contributed by atoms with van der Waals surface area (Å²) in [6, 6.07) is 35.9. The topological polar surface area (TPSA) is 56.5 Å². The van der Waals surface area contributed by atoms with Crippen LogP contribution in [0.3, 0.4) is 0 Å². The zero-order chi connectivity index (χ0) is 25.4. The molecule has 0 radical (unpaired) electrons. The predicted octanol–water partition coefficient (Wildman–Crippen LogP) is 7.57. The van der Waals surface area contributed by atoms with Gasteiger partial charge in [0, 0.05) is 22.3 Å². The first-order valence-corrected chi connectivity index (χ1v) is 12.2. The first-order valence-electron chi connectivity index (χ1n) is 12.2. The lowest BCUT2D eigenvalue weighted by molar-refractivity contribution is 0.0889. The molecular weight excluding hydrogens is 460 g/mol. The van der Waals surface area contributed by atoms with Crippen LogP contribution in [0, 0.1) is 0 Å². The fourth-order valence-electron chi connectivity index (χ4n) is 5.28. The molecule has 0 aliphatic heterocycles. The van der Waals surface area contributed by atoms with E-state index >= 15 is 0 Å². The van der Waals surface area contributed by atoms with E-state index in [1.54, 1.807) is 19.2 Å². The Hall–Kier alpha value is -4.70. The Morgan fingerprint density at radius 3 is 1.89 bits per heavy atom. The van der Waals surface area contributed by atoms with E-state index in [-0.39, 0.29) is 11.6 Å². The van der Waals surface area contributed by atoms with Gasteiger partial charge in [-0.2, -0.15) is 0 Å². The quantitative estimate of drug-likeness (QED) is 0.233. The van der Waals surface area contributed by atoms with Gasteiger partial charge in [-0.3, -0.25) is 9.59 Å². The highest BCUT2D eigenvalue weighted by Crippen LogP contribution is 2.53. The molecule has 2 atom stereocenters. The first-order chi connectivity index (χ1) is 18.2. The average Bonchev–Trinajstić information content (AvgIpc) is 3.50. The van der Waals surface area contributed by atoms with Crippen LogP contribution in [0.15, 0.2) is 120 Å². The van der Waals surface area contributed by atoms with Crippen molar-refractivity contribution in [2.45, 2.75) is 11.8 Å². The third kappa shape index (κ3) is 3.87. The Morgan fingerprint density at radius 2 is 1.27 bits per heavy atom. The molecule has 6 rings (SSSR count). The maximum atomic E-state index is 14.3. The van der Waals surface area contributed by atoms with Crippen LogP contribution in [0.1, 0.15) is 43.7 Å². The number of furan rings is 1. The van der Waals surface area contributed by atoms with Gasteiger partial charge >= 0.3 is 0 Å². The lowest BCUT2D eigenvalue weighted by atomic mass is 9.80. The van der Waals surface area contributed by atoms with Crippen LogP contribution >= 0.6 is 0 Å². The van der Waals surface area contributed by atoms with Crippen molar-refractivity contribution in [1.82, 2.24) is 0 Å². The van der Waals surface area contributed by atoms with Crippen molar-refractivity contribution in [2.24, 2.45) is 0 Å². The maximum absolute atomic E-state index is 14.3. The van der Waals surface area contributed by atoms with E-state index in [1.165, 1.54) is 0 Å². The van der Waals surface area contributed by atoms with Crippen LogP contribution in [0.2, 0.25) is 0 Å². The molecule has 180 valence electrons. The molecule has 4 heteroatoms. The van der Waals surface area contributed by atoms with E-state index in [4.69, 9.17) is 9.15 Å². The van der Waals surface area contributed by atoms with Crippen LogP contribution in [-0.2, 0) is 0 Å². The lowest BCUT2D eigenvalue weighted by Gasteiger charge is -2.20. The van der Waals surface area contributed by atoms with E-state index in [0.29, 0.717) is 34.0 Å². The molecule has 0 N–H and O–H groups in total. The van der Waals surface area contributed by atoms with Gasteiger partial charge in [0.05, 0.1) is 24.5 Å². The van der Waals surface area contributed by atoms with Gasteiger partial charge in [0.2, 0.25) is 0 Å². The summed E-state index contributed by atoms with van der Waals surface area (Å²) in [5.74, 6) is 0.190. The minimum absolute atomic E-state index is 0.0965. The highest BCUT2D eigenvalue weighted by molar-refractivity contribution is 6.18. The van der Waals surface area contributed by atoms with E-state index in [9.17, 15) is 9.59 Å². The number of ketones is 2. The molecule has 0 saturated heterocycles. The molecule has 5 aromatic rings. The van der Waals surface area contributed by atoms with Gasteiger partial charge in [0.25, 0.3) is 0 Å². The van der Waals surface area contributed by atoms with Crippen LogP contribution in [0.25, 0.3) is 22.6 Å². The Labute approximate surface area is 215 Å². The highest BCUT2D eigenvalue weighted by Gasteiger charge is 2.50. The normalized spacial score (nSPS) is 16.4. The van der Waals surface area contributed by atoms with Crippen molar-refractivity contribution in [3.8, 4) is 28.4 Å². The summed E-state index contributed by atoms with van der Waals surface area (Å²) in [5, 5.41) is 0. The Balaban J connectivity index is 1.63. The Morgan fingerprint density at radius 1 is 0.703 bits per heavy atom. The van der Waals surface area contributed by atoms with E-state index in [0.717, 1.165) is 16.7 Å². The molecule has 0 unspecified atom stereocenters. The minimum atomic E-state index is -0.710. The third-order valence-corrected chi connectivity index (χ3v) is 7.01. The van der Waals surface area contributed by atoms with Gasteiger partial charge in [-0.1, -0.05) is 91.0 Å². The molecule has 4 nitrogen and oxygen atoms in total. The lowest BCUT2D eigenvalue weighted by Crippen LogP contribution is -2.20. The van der Waals surface area contributed by atoms with E-state index < -0.39 is 11.8 Å². The number of Topliss-reactive ketones (excluding diaryl/α,β-unsaturated/α-hetero) is 2. The van der Waals surface area contributed by atoms with Crippen molar-refractivity contribution >= 4 is 11.6 Å².